The lowest BCUT2D eigenvalue weighted by atomic mass is 9.86. The summed E-state index contributed by atoms with van der Waals surface area (Å²) < 4.78 is 0. The molecule has 0 aliphatic heterocycles. The summed E-state index contributed by atoms with van der Waals surface area (Å²) in [5.74, 6) is 11.4. The van der Waals surface area contributed by atoms with Crippen LogP contribution in [0.1, 0.15) is 67.2 Å². The van der Waals surface area contributed by atoms with Gasteiger partial charge >= 0.3 is 0 Å². The third kappa shape index (κ3) is 3.06. The lowest BCUT2D eigenvalue weighted by Crippen LogP contribution is -2.12. The van der Waals surface area contributed by atoms with Crippen molar-refractivity contribution in [2.45, 2.75) is 67.2 Å². The smallest absolute Gasteiger partial charge is 0.0143 e. The number of fused-ring (bicyclic) bond motifs is 4. The van der Waals surface area contributed by atoms with E-state index < -0.39 is 0 Å². The standard InChI is InChI=1S/C11H16.2C9H14/c1-7-8(2)10-4-3-9(7)11(10)5-6-11;2*1-6-7(2)9-4-3-8(6)5-9/h3-4,7-10H,5-6H2,1-2H3;2*3-4,6-9H,5H2,1-2H3/t7-,8+,9?,10?;2*6-,7+,8?,9?. The van der Waals surface area contributed by atoms with Gasteiger partial charge in [-0.05, 0) is 102 Å². The minimum absolute atomic E-state index is 0.804. The van der Waals surface area contributed by atoms with E-state index in [1.54, 1.807) is 0 Å². The first-order chi connectivity index (χ1) is 13.8. The first-order valence-corrected chi connectivity index (χ1v) is 12.9. The molecule has 0 amide bonds. The normalized spacial score (nSPS) is 55.2. The van der Waals surface area contributed by atoms with E-state index in [0.717, 1.165) is 76.4 Å². The van der Waals surface area contributed by atoms with E-state index in [1.807, 2.05) is 0 Å². The molecule has 4 fully saturated rings. The fourth-order valence-corrected chi connectivity index (χ4v) is 8.34. The third-order valence-electron chi connectivity index (χ3n) is 11.3. The fraction of sp³-hybridized carbons (Fsp3) is 0.793. The van der Waals surface area contributed by atoms with Crippen LogP contribution in [-0.2, 0) is 0 Å². The number of allylic oxidation sites excluding steroid dienone is 6. The molecule has 7 aliphatic rings. The van der Waals surface area contributed by atoms with Crippen LogP contribution >= 0.6 is 0 Å². The Labute approximate surface area is 180 Å². The van der Waals surface area contributed by atoms with Crippen LogP contribution in [-0.4, -0.2) is 0 Å². The predicted molar refractivity (Wildman–Crippen MR) is 124 cm³/mol. The van der Waals surface area contributed by atoms with Crippen LogP contribution in [0.5, 0.6) is 0 Å². The average molecular weight is 393 g/mol. The average Bonchev–Trinajstić information content (AvgIpc) is 3.19. The first kappa shape index (κ1) is 20.1. The molecule has 160 valence electrons. The minimum Gasteiger partial charge on any atom is -0.0848 e. The Morgan fingerprint density at radius 2 is 0.759 bits per heavy atom. The van der Waals surface area contributed by atoms with Crippen molar-refractivity contribution in [3.8, 4) is 0 Å². The van der Waals surface area contributed by atoms with Crippen LogP contribution in [0.25, 0.3) is 0 Å². The van der Waals surface area contributed by atoms with E-state index in [9.17, 15) is 0 Å². The Morgan fingerprint density at radius 3 is 0.931 bits per heavy atom. The van der Waals surface area contributed by atoms with Crippen molar-refractivity contribution in [3.63, 3.8) is 0 Å². The van der Waals surface area contributed by atoms with Gasteiger partial charge in [-0.1, -0.05) is 78.0 Å². The van der Waals surface area contributed by atoms with Gasteiger partial charge in [0.15, 0.2) is 0 Å². The third-order valence-corrected chi connectivity index (χ3v) is 11.3. The zero-order valence-electron chi connectivity index (χ0n) is 19.7. The highest BCUT2D eigenvalue weighted by atomic mass is 14.7. The summed E-state index contributed by atoms with van der Waals surface area (Å²) in [5.41, 5.74) is 0.804. The molecule has 4 saturated carbocycles. The van der Waals surface area contributed by atoms with Gasteiger partial charge in [0.2, 0.25) is 0 Å². The molecule has 1 spiro atoms. The second-order valence-electron chi connectivity index (χ2n) is 12.2. The Balaban J connectivity index is 0.0000000947. The van der Waals surface area contributed by atoms with Crippen molar-refractivity contribution >= 4 is 0 Å². The summed E-state index contributed by atoms with van der Waals surface area (Å²) in [4.78, 5) is 0. The molecule has 0 aromatic heterocycles. The summed E-state index contributed by atoms with van der Waals surface area (Å²) in [6.07, 6.45) is 20.6. The van der Waals surface area contributed by atoms with Gasteiger partial charge in [-0.25, -0.2) is 0 Å². The van der Waals surface area contributed by atoms with Crippen LogP contribution in [0.2, 0.25) is 0 Å². The lowest BCUT2D eigenvalue weighted by Gasteiger charge is -2.19. The van der Waals surface area contributed by atoms with E-state index in [-0.39, 0.29) is 0 Å². The molecule has 7 rings (SSSR count). The molecule has 0 N–H and O–H groups in total. The summed E-state index contributed by atoms with van der Waals surface area (Å²) in [7, 11) is 0. The van der Waals surface area contributed by atoms with E-state index >= 15 is 0 Å². The quantitative estimate of drug-likeness (QED) is 0.369. The van der Waals surface area contributed by atoms with E-state index in [1.165, 1.54) is 25.7 Å². The van der Waals surface area contributed by atoms with Gasteiger partial charge in [-0.15, -0.1) is 0 Å². The molecule has 12 atom stereocenters. The highest BCUT2D eigenvalue weighted by Crippen LogP contribution is 2.71. The van der Waals surface area contributed by atoms with E-state index in [0.29, 0.717) is 0 Å². The summed E-state index contributed by atoms with van der Waals surface area (Å²) in [5, 5.41) is 0. The second kappa shape index (κ2) is 7.13. The molecule has 6 bridgehead atoms. The Morgan fingerprint density at radius 1 is 0.448 bits per heavy atom. The summed E-state index contributed by atoms with van der Waals surface area (Å²) in [6.45, 7) is 14.4. The molecule has 6 unspecified atom stereocenters. The molecule has 29 heavy (non-hydrogen) atoms. The highest BCUT2D eigenvalue weighted by Gasteiger charge is 2.64. The number of rotatable bonds is 0. The Bertz CT molecular complexity index is 618. The Kier molecular flexibility index (Phi) is 4.95. The van der Waals surface area contributed by atoms with Crippen LogP contribution in [0.4, 0.5) is 0 Å². The first-order valence-electron chi connectivity index (χ1n) is 12.9. The molecule has 0 saturated heterocycles. The summed E-state index contributed by atoms with van der Waals surface area (Å²) in [6, 6.07) is 0. The zero-order valence-corrected chi connectivity index (χ0v) is 19.7. The van der Waals surface area contributed by atoms with Crippen LogP contribution in [0.15, 0.2) is 36.5 Å². The lowest BCUT2D eigenvalue weighted by molar-refractivity contribution is 0.364. The van der Waals surface area contributed by atoms with Crippen LogP contribution in [0.3, 0.4) is 0 Å². The Hall–Kier alpha value is -0.780. The van der Waals surface area contributed by atoms with Crippen molar-refractivity contribution in [2.24, 2.45) is 76.4 Å². The topological polar surface area (TPSA) is 0 Å². The van der Waals surface area contributed by atoms with Crippen molar-refractivity contribution in [1.82, 2.24) is 0 Å². The van der Waals surface area contributed by atoms with E-state index in [2.05, 4.69) is 78.0 Å². The number of hydrogen-bond acceptors (Lipinski definition) is 0. The fourth-order valence-electron chi connectivity index (χ4n) is 8.34. The predicted octanol–water partition coefficient (Wildman–Crippen LogP) is 7.78. The zero-order chi connectivity index (χ0) is 20.5. The van der Waals surface area contributed by atoms with Crippen LogP contribution < -0.4 is 0 Å². The van der Waals surface area contributed by atoms with Gasteiger partial charge in [0.1, 0.15) is 0 Å². The molecule has 0 aromatic carbocycles. The van der Waals surface area contributed by atoms with E-state index in [4.69, 9.17) is 0 Å². The van der Waals surface area contributed by atoms with Gasteiger partial charge in [0.05, 0.1) is 0 Å². The molecule has 7 aliphatic carbocycles. The SMILES string of the molecule is C[C@@H]1C2C=CC(C2)[C@@H]1C.C[C@@H]1C2C=CC(C2)[C@@H]1C.C[C@@H]1C2C=CC([C@@H]1C)C21CC1. The molecule has 0 aromatic rings. The van der Waals surface area contributed by atoms with Gasteiger partial charge in [0, 0.05) is 0 Å². The largest absolute Gasteiger partial charge is 0.0848 e. The van der Waals surface area contributed by atoms with Crippen molar-refractivity contribution in [2.75, 3.05) is 0 Å². The molecule has 0 radical (unpaired) electrons. The maximum absolute atomic E-state index is 2.50. The number of hydrogen-bond donors (Lipinski definition) is 0. The molecular weight excluding hydrogens is 348 g/mol. The van der Waals surface area contributed by atoms with Crippen molar-refractivity contribution in [1.29, 1.82) is 0 Å². The second-order valence-corrected chi connectivity index (χ2v) is 12.2. The van der Waals surface area contributed by atoms with Crippen molar-refractivity contribution < 1.29 is 0 Å². The maximum atomic E-state index is 2.50. The molecule has 0 heterocycles. The van der Waals surface area contributed by atoms with Gasteiger partial charge < -0.3 is 0 Å². The molecule has 0 heteroatoms. The molecular formula is C29H44. The van der Waals surface area contributed by atoms with Gasteiger partial charge in [-0.2, -0.15) is 0 Å². The molecule has 0 nitrogen and oxygen atoms in total. The summed E-state index contributed by atoms with van der Waals surface area (Å²) >= 11 is 0. The highest BCUT2D eigenvalue weighted by molar-refractivity contribution is 5.27. The monoisotopic (exact) mass is 392 g/mol. The minimum atomic E-state index is 0.804. The maximum Gasteiger partial charge on any atom is -0.0143 e. The van der Waals surface area contributed by atoms with Crippen LogP contribution in [0, 0.1) is 76.4 Å². The van der Waals surface area contributed by atoms with Gasteiger partial charge in [-0.3, -0.25) is 0 Å². The van der Waals surface area contributed by atoms with Gasteiger partial charge in [0.25, 0.3) is 0 Å². The van der Waals surface area contributed by atoms with Crippen molar-refractivity contribution in [3.05, 3.63) is 36.5 Å².